The summed E-state index contributed by atoms with van der Waals surface area (Å²) in [6, 6.07) is 101. The Hall–Kier alpha value is -8.36. The molecule has 14 rings (SSSR count). The lowest BCUT2D eigenvalue weighted by Gasteiger charge is -2.46. The highest BCUT2D eigenvalue weighted by Gasteiger charge is 2.50. The van der Waals surface area contributed by atoms with Gasteiger partial charge in [-0.05, 0) is 69.7 Å². The fraction of sp³-hybridized carbons (Fsp3) is 0.0308. The van der Waals surface area contributed by atoms with E-state index in [9.17, 15) is 0 Å². The summed E-state index contributed by atoms with van der Waals surface area (Å²) in [5.41, 5.74) is 10.9. The molecule has 3 aliphatic carbocycles. The monoisotopic (exact) mass is 925 g/mol. The zero-order chi connectivity index (χ0) is 46.5. The van der Waals surface area contributed by atoms with Gasteiger partial charge in [-0.1, -0.05) is 273 Å². The quantitative estimate of drug-likeness (QED) is 0.102. The largest absolute Gasteiger partial charge is 0.226 e. The third kappa shape index (κ3) is 6.43. The van der Waals surface area contributed by atoms with Crippen LogP contribution in [0.1, 0.15) is 45.2 Å². The number of hydrogen-bond acceptors (Lipinski definition) is 3. The highest BCUT2D eigenvalue weighted by Crippen LogP contribution is 2.57. The molecule has 1 heterocycles. The maximum Gasteiger partial charge on any atom is 0.226 e. The molecule has 0 N–H and O–H groups in total. The van der Waals surface area contributed by atoms with Crippen molar-refractivity contribution in [2.24, 2.45) is 0 Å². The van der Waals surface area contributed by atoms with Crippen molar-refractivity contribution >= 4 is 57.9 Å². The van der Waals surface area contributed by atoms with E-state index in [1.807, 2.05) is 0 Å². The van der Waals surface area contributed by atoms with Gasteiger partial charge in [-0.25, -0.2) is 15.0 Å². The zero-order valence-corrected chi connectivity index (χ0v) is 40.5. The van der Waals surface area contributed by atoms with Crippen LogP contribution in [0.4, 0.5) is 0 Å². The zero-order valence-electron chi connectivity index (χ0n) is 38.5. The van der Waals surface area contributed by atoms with Crippen molar-refractivity contribution in [3.8, 4) is 22.8 Å². The van der Waals surface area contributed by atoms with Crippen molar-refractivity contribution in [2.75, 3.05) is 0 Å². The van der Waals surface area contributed by atoms with Gasteiger partial charge >= 0.3 is 0 Å². The molecule has 5 heteroatoms. The fourth-order valence-corrected chi connectivity index (χ4v) is 21.6. The molecule has 330 valence electrons. The molecule has 0 radical (unpaired) electrons. The van der Waals surface area contributed by atoms with Crippen LogP contribution >= 0.6 is 0 Å². The van der Waals surface area contributed by atoms with Crippen LogP contribution < -0.4 is 41.8 Å². The standard InChI is InChI=1S/C65H47N3Si2/c1-8-26-46(27-9-1)63-66-64(68-65(67-63)70(50-34-16-5-17-35-50,51-36-18-6-19-37-51)52-38-20-7-21-39-52)57-44-24-42-55-59-53-40-22-23-41-54(53)62(60(55)57)61-56(59)43-25-45-58(61)69(47-28-10-2-11-29-47,48-30-12-3-13-31-48)49-32-14-4-15-33-49/h1-45,59,62H. The molecule has 0 amide bonds. The van der Waals surface area contributed by atoms with Crippen molar-refractivity contribution in [3.05, 3.63) is 306 Å². The molecule has 0 aliphatic heterocycles. The highest BCUT2D eigenvalue weighted by atomic mass is 28.3. The molecular formula is C65H47N3Si2. The SMILES string of the molecule is c1ccc(-c2nc(-c3cccc4c3C3c5ccccc5C4c4cccc([Si](c5ccccc5)(c5ccccc5)c5ccccc5)c43)nc([Si](c3ccccc3)(c3ccccc3)c3ccccc3)n2)cc1. The second kappa shape index (κ2) is 17.3. The van der Waals surface area contributed by atoms with Crippen LogP contribution in [0.5, 0.6) is 0 Å². The van der Waals surface area contributed by atoms with E-state index in [0.717, 1.165) is 16.6 Å². The third-order valence-corrected chi connectivity index (χ3v) is 24.3. The van der Waals surface area contributed by atoms with Gasteiger partial charge in [0.05, 0.1) is 0 Å². The van der Waals surface area contributed by atoms with Crippen molar-refractivity contribution in [3.63, 3.8) is 0 Å². The van der Waals surface area contributed by atoms with Crippen molar-refractivity contribution in [2.45, 2.75) is 11.8 Å². The number of rotatable bonds is 10. The molecule has 2 unspecified atom stereocenters. The normalized spacial score (nSPS) is 14.6. The number of benzene rings is 10. The predicted molar refractivity (Wildman–Crippen MR) is 293 cm³/mol. The molecular weight excluding hydrogens is 879 g/mol. The number of aromatic nitrogens is 3. The van der Waals surface area contributed by atoms with Gasteiger partial charge in [0.15, 0.2) is 19.7 Å². The molecule has 0 spiro atoms. The van der Waals surface area contributed by atoms with Crippen LogP contribution in [0.2, 0.25) is 0 Å². The molecule has 11 aromatic rings. The van der Waals surface area contributed by atoms with Crippen LogP contribution in [0.3, 0.4) is 0 Å². The summed E-state index contributed by atoms with van der Waals surface area (Å²) < 4.78 is 0. The first kappa shape index (κ1) is 41.8. The third-order valence-electron chi connectivity index (χ3n) is 15.0. The van der Waals surface area contributed by atoms with Gasteiger partial charge in [0, 0.05) is 23.0 Å². The molecule has 1 aromatic heterocycles. The Morgan fingerprint density at radius 3 is 1.09 bits per heavy atom. The van der Waals surface area contributed by atoms with Crippen molar-refractivity contribution in [1.82, 2.24) is 15.0 Å². The summed E-state index contributed by atoms with van der Waals surface area (Å²) in [6.45, 7) is 0. The second-order valence-electron chi connectivity index (χ2n) is 18.5. The van der Waals surface area contributed by atoms with E-state index in [1.165, 1.54) is 69.7 Å². The van der Waals surface area contributed by atoms with E-state index in [0.29, 0.717) is 11.6 Å². The molecule has 3 aliphatic rings. The van der Waals surface area contributed by atoms with Gasteiger partial charge in [0.1, 0.15) is 5.45 Å². The average molecular weight is 926 g/mol. The summed E-state index contributed by atoms with van der Waals surface area (Å²) in [7, 11) is -6.19. The van der Waals surface area contributed by atoms with Crippen molar-refractivity contribution in [1.29, 1.82) is 0 Å². The molecule has 3 nitrogen and oxygen atoms in total. The minimum atomic E-state index is -3.20. The summed E-state index contributed by atoms with van der Waals surface area (Å²) in [4.78, 5) is 17.1. The fourth-order valence-electron chi connectivity index (χ4n) is 12.2. The van der Waals surface area contributed by atoms with Crippen molar-refractivity contribution < 1.29 is 0 Å². The maximum absolute atomic E-state index is 5.90. The molecule has 0 saturated carbocycles. The second-order valence-corrected chi connectivity index (χ2v) is 25.9. The summed E-state index contributed by atoms with van der Waals surface area (Å²) >= 11 is 0. The van der Waals surface area contributed by atoms with Gasteiger partial charge in [0.2, 0.25) is 8.07 Å². The first-order chi connectivity index (χ1) is 34.8. The Bertz CT molecular complexity index is 3460. The van der Waals surface area contributed by atoms with Gasteiger partial charge in [-0.15, -0.1) is 0 Å². The first-order valence-corrected chi connectivity index (χ1v) is 28.3. The average Bonchev–Trinajstić information content (AvgIpc) is 3.45. The van der Waals surface area contributed by atoms with Gasteiger partial charge in [-0.2, -0.15) is 0 Å². The van der Waals surface area contributed by atoms with Crippen LogP contribution in [0.15, 0.2) is 273 Å². The van der Waals surface area contributed by atoms with E-state index in [1.54, 1.807) is 0 Å². The van der Waals surface area contributed by atoms with E-state index in [4.69, 9.17) is 15.0 Å². The number of hydrogen-bond donors (Lipinski definition) is 0. The summed E-state index contributed by atoms with van der Waals surface area (Å²) in [6.07, 6.45) is 0. The first-order valence-electron chi connectivity index (χ1n) is 24.3. The predicted octanol–water partition coefficient (Wildman–Crippen LogP) is 8.95. The topological polar surface area (TPSA) is 38.7 Å². The van der Waals surface area contributed by atoms with Gasteiger partial charge < -0.3 is 0 Å². The molecule has 70 heavy (non-hydrogen) atoms. The minimum absolute atomic E-state index is 0.0152. The smallest absolute Gasteiger partial charge is 0.217 e. The van der Waals surface area contributed by atoms with Crippen LogP contribution in [-0.2, 0) is 0 Å². The van der Waals surface area contributed by atoms with E-state index < -0.39 is 16.1 Å². The molecule has 0 fully saturated rings. The molecule has 10 aromatic carbocycles. The minimum Gasteiger partial charge on any atom is -0.217 e. The Morgan fingerprint density at radius 1 is 0.257 bits per heavy atom. The number of nitrogens with zero attached hydrogens (tertiary/aromatic N) is 3. The Labute approximate surface area is 411 Å². The lowest BCUT2D eigenvalue weighted by molar-refractivity contribution is 0.759. The maximum atomic E-state index is 5.90. The lowest BCUT2D eigenvalue weighted by atomic mass is 9.60. The van der Waals surface area contributed by atoms with E-state index in [2.05, 4.69) is 273 Å². The molecule has 0 saturated heterocycles. The Kier molecular flexibility index (Phi) is 10.3. The van der Waals surface area contributed by atoms with Crippen LogP contribution in [-0.4, -0.2) is 31.1 Å². The van der Waals surface area contributed by atoms with E-state index in [-0.39, 0.29) is 11.8 Å². The summed E-state index contributed by atoms with van der Waals surface area (Å²) in [5, 5.41) is 9.16. The van der Waals surface area contributed by atoms with Gasteiger partial charge in [-0.3, -0.25) is 0 Å². The molecule has 2 atom stereocenters. The summed E-state index contributed by atoms with van der Waals surface area (Å²) in [5.74, 6) is 1.29. The highest BCUT2D eigenvalue weighted by molar-refractivity contribution is 7.20. The Balaban J connectivity index is 1.13. The van der Waals surface area contributed by atoms with E-state index >= 15 is 0 Å². The lowest BCUT2D eigenvalue weighted by Crippen LogP contribution is -2.76. The van der Waals surface area contributed by atoms with Gasteiger partial charge in [0.25, 0.3) is 0 Å². The van der Waals surface area contributed by atoms with Crippen LogP contribution in [0.25, 0.3) is 22.8 Å². The molecule has 2 bridgehead atoms. The Morgan fingerprint density at radius 2 is 0.614 bits per heavy atom. The van der Waals surface area contributed by atoms with Crippen LogP contribution in [0, 0.1) is 0 Å².